The van der Waals surface area contributed by atoms with Gasteiger partial charge < -0.3 is 20.4 Å². The maximum absolute atomic E-state index is 12.0. The maximum atomic E-state index is 12.0. The molecule has 0 saturated heterocycles. The number of aromatic nitrogens is 4. The molecule has 0 fully saturated rings. The number of benzene rings is 1. The molecule has 126 valence electrons. The number of carbonyl (C=O) groups is 1. The fourth-order valence-corrected chi connectivity index (χ4v) is 2.39. The van der Waals surface area contributed by atoms with Gasteiger partial charge in [-0.1, -0.05) is 0 Å². The Kier molecular flexibility index (Phi) is 4.37. The zero-order valence-corrected chi connectivity index (χ0v) is 13.9. The van der Waals surface area contributed by atoms with Gasteiger partial charge in [0, 0.05) is 18.8 Å². The second-order valence-electron chi connectivity index (χ2n) is 5.36. The molecule has 0 radical (unpaired) electrons. The number of nitrogens with one attached hydrogen (secondary N) is 3. The average Bonchev–Trinajstić information content (AvgIpc) is 3.15. The summed E-state index contributed by atoms with van der Waals surface area (Å²) in [7, 11) is 1.62. The number of imidazole rings is 1. The van der Waals surface area contributed by atoms with E-state index in [1.54, 1.807) is 11.8 Å². The quantitative estimate of drug-likeness (QED) is 0.670. The number of aryl methyl sites for hydroxylation is 2. The van der Waals surface area contributed by atoms with Crippen molar-refractivity contribution in [3.8, 4) is 5.75 Å². The molecule has 8 heteroatoms. The largest absolute Gasteiger partial charge is 0.497 e. The van der Waals surface area contributed by atoms with Gasteiger partial charge in [0.25, 0.3) is 0 Å². The van der Waals surface area contributed by atoms with Crippen molar-refractivity contribution in [2.45, 2.75) is 26.9 Å². The summed E-state index contributed by atoms with van der Waals surface area (Å²) in [6, 6.07) is 5.29. The van der Waals surface area contributed by atoms with Crippen LogP contribution in [0.15, 0.2) is 24.4 Å². The van der Waals surface area contributed by atoms with Gasteiger partial charge in [-0.05, 0) is 26.0 Å². The summed E-state index contributed by atoms with van der Waals surface area (Å²) in [4.78, 5) is 19.6. The number of H-pyrrole nitrogens is 1. The van der Waals surface area contributed by atoms with Crippen molar-refractivity contribution in [3.63, 3.8) is 0 Å². The molecule has 0 atom stereocenters. The molecule has 2 heterocycles. The molecule has 2 amide bonds. The van der Waals surface area contributed by atoms with Gasteiger partial charge >= 0.3 is 6.03 Å². The number of hydrogen-bond donors (Lipinski definition) is 3. The maximum Gasteiger partial charge on any atom is 0.319 e. The molecule has 8 nitrogen and oxygen atoms in total. The lowest BCUT2D eigenvalue weighted by atomic mass is 10.3. The molecular formula is C16H20N6O2. The van der Waals surface area contributed by atoms with Crippen LogP contribution < -0.4 is 15.4 Å². The first kappa shape index (κ1) is 15.9. The minimum atomic E-state index is -0.299. The number of nitrogens with zero attached hydrogens (tertiary/aromatic N) is 3. The highest BCUT2D eigenvalue weighted by Crippen LogP contribution is 2.18. The van der Waals surface area contributed by atoms with E-state index in [1.807, 2.05) is 38.2 Å². The van der Waals surface area contributed by atoms with Crippen LogP contribution in [0.3, 0.4) is 0 Å². The molecule has 0 bridgehead atoms. The number of rotatable bonds is 5. The Balaban J connectivity index is 1.62. The van der Waals surface area contributed by atoms with Crippen LogP contribution >= 0.6 is 0 Å². The van der Waals surface area contributed by atoms with Gasteiger partial charge in [-0.15, -0.1) is 0 Å². The molecule has 0 spiro atoms. The predicted octanol–water partition coefficient (Wildman–Crippen LogP) is 2.42. The molecule has 0 unspecified atom stereocenters. The van der Waals surface area contributed by atoms with E-state index in [9.17, 15) is 4.79 Å². The number of carbonyl (C=O) groups excluding carboxylic acids is 1. The molecule has 0 aliphatic carbocycles. The molecule has 24 heavy (non-hydrogen) atoms. The number of hydrogen-bond acceptors (Lipinski definition) is 4. The number of anilines is 1. The lowest BCUT2D eigenvalue weighted by Gasteiger charge is -2.04. The standard InChI is InChI=1S/C16H20N6O2/c1-4-22-9-14(10(2)21-22)20-16(23)17-8-15-18-12-6-5-11(24-3)7-13(12)19-15/h5-7,9H,4,8H2,1-3H3,(H,18,19)(H2,17,20,23). The monoisotopic (exact) mass is 328 g/mol. The summed E-state index contributed by atoms with van der Waals surface area (Å²) in [5.74, 6) is 1.43. The van der Waals surface area contributed by atoms with Gasteiger partial charge in [-0.2, -0.15) is 5.10 Å². The molecule has 0 saturated carbocycles. The fraction of sp³-hybridized carbons (Fsp3) is 0.312. The highest BCUT2D eigenvalue weighted by atomic mass is 16.5. The number of fused-ring (bicyclic) bond motifs is 1. The number of aromatic amines is 1. The van der Waals surface area contributed by atoms with Gasteiger partial charge in [0.15, 0.2) is 0 Å². The van der Waals surface area contributed by atoms with Gasteiger partial charge in [-0.3, -0.25) is 4.68 Å². The highest BCUT2D eigenvalue weighted by Gasteiger charge is 2.09. The number of amides is 2. The summed E-state index contributed by atoms with van der Waals surface area (Å²) >= 11 is 0. The molecule has 2 aromatic heterocycles. The van der Waals surface area contributed by atoms with Crippen LogP contribution in [-0.4, -0.2) is 32.9 Å². The topological polar surface area (TPSA) is 96.9 Å². The second-order valence-corrected chi connectivity index (χ2v) is 5.36. The Labute approximate surface area is 139 Å². The Bertz CT molecular complexity index is 867. The lowest BCUT2D eigenvalue weighted by Crippen LogP contribution is -2.28. The van der Waals surface area contributed by atoms with Gasteiger partial charge in [0.2, 0.25) is 0 Å². The Morgan fingerprint density at radius 2 is 2.25 bits per heavy atom. The van der Waals surface area contributed by atoms with E-state index in [2.05, 4.69) is 25.7 Å². The Morgan fingerprint density at radius 1 is 1.42 bits per heavy atom. The molecule has 3 rings (SSSR count). The van der Waals surface area contributed by atoms with Crippen molar-refractivity contribution < 1.29 is 9.53 Å². The first-order valence-electron chi connectivity index (χ1n) is 7.70. The lowest BCUT2D eigenvalue weighted by molar-refractivity contribution is 0.251. The van der Waals surface area contributed by atoms with E-state index in [1.165, 1.54) is 0 Å². The third-order valence-corrected chi connectivity index (χ3v) is 3.67. The highest BCUT2D eigenvalue weighted by molar-refractivity contribution is 5.89. The van der Waals surface area contributed by atoms with Crippen LogP contribution in [0.5, 0.6) is 5.75 Å². The van der Waals surface area contributed by atoms with Crippen molar-refractivity contribution in [2.75, 3.05) is 12.4 Å². The van der Waals surface area contributed by atoms with Crippen molar-refractivity contribution in [1.29, 1.82) is 0 Å². The normalized spacial score (nSPS) is 10.8. The Hall–Kier alpha value is -3.03. The van der Waals surface area contributed by atoms with E-state index < -0.39 is 0 Å². The molecule has 3 aromatic rings. The first-order chi connectivity index (χ1) is 11.6. The smallest absolute Gasteiger partial charge is 0.319 e. The predicted molar refractivity (Wildman–Crippen MR) is 91.1 cm³/mol. The summed E-state index contributed by atoms with van der Waals surface area (Å²) in [5.41, 5.74) is 3.17. The summed E-state index contributed by atoms with van der Waals surface area (Å²) < 4.78 is 6.96. The zero-order chi connectivity index (χ0) is 17.1. The van der Waals surface area contributed by atoms with Crippen molar-refractivity contribution in [1.82, 2.24) is 25.1 Å². The van der Waals surface area contributed by atoms with Crippen LogP contribution in [0.25, 0.3) is 11.0 Å². The second kappa shape index (κ2) is 6.61. The van der Waals surface area contributed by atoms with E-state index in [0.717, 1.165) is 29.0 Å². The summed E-state index contributed by atoms with van der Waals surface area (Å²) in [5, 5.41) is 9.86. The van der Waals surface area contributed by atoms with E-state index >= 15 is 0 Å². The molecular weight excluding hydrogens is 308 g/mol. The number of methoxy groups -OCH3 is 1. The van der Waals surface area contributed by atoms with E-state index in [4.69, 9.17) is 4.74 Å². The van der Waals surface area contributed by atoms with Crippen LogP contribution in [0.4, 0.5) is 10.5 Å². The van der Waals surface area contributed by atoms with Crippen LogP contribution in [0.1, 0.15) is 18.4 Å². The van der Waals surface area contributed by atoms with Crippen molar-refractivity contribution in [2.24, 2.45) is 0 Å². The fourth-order valence-electron chi connectivity index (χ4n) is 2.39. The third-order valence-electron chi connectivity index (χ3n) is 3.67. The third kappa shape index (κ3) is 3.32. The Morgan fingerprint density at radius 3 is 2.96 bits per heavy atom. The van der Waals surface area contributed by atoms with Gasteiger partial charge in [-0.25, -0.2) is 9.78 Å². The molecule has 1 aromatic carbocycles. The number of urea groups is 1. The van der Waals surface area contributed by atoms with Crippen LogP contribution in [0, 0.1) is 6.92 Å². The summed E-state index contributed by atoms with van der Waals surface area (Å²) in [6.45, 7) is 4.90. The minimum absolute atomic E-state index is 0.295. The van der Waals surface area contributed by atoms with Crippen molar-refractivity contribution in [3.05, 3.63) is 35.9 Å². The first-order valence-corrected chi connectivity index (χ1v) is 7.70. The van der Waals surface area contributed by atoms with Gasteiger partial charge in [0.05, 0.1) is 36.1 Å². The van der Waals surface area contributed by atoms with E-state index in [0.29, 0.717) is 18.1 Å². The number of ether oxygens (including phenoxy) is 1. The van der Waals surface area contributed by atoms with E-state index in [-0.39, 0.29) is 6.03 Å². The molecule has 0 aliphatic heterocycles. The minimum Gasteiger partial charge on any atom is -0.497 e. The zero-order valence-electron chi connectivity index (χ0n) is 13.9. The SMILES string of the molecule is CCn1cc(NC(=O)NCc2nc3ccc(OC)cc3[nH]2)c(C)n1. The molecule has 3 N–H and O–H groups in total. The summed E-state index contributed by atoms with van der Waals surface area (Å²) in [6.07, 6.45) is 1.81. The average molecular weight is 328 g/mol. The molecule has 0 aliphatic rings. The van der Waals surface area contributed by atoms with Crippen molar-refractivity contribution >= 4 is 22.8 Å². The van der Waals surface area contributed by atoms with Gasteiger partial charge in [0.1, 0.15) is 11.6 Å². The van der Waals surface area contributed by atoms with Crippen LogP contribution in [-0.2, 0) is 13.1 Å². The van der Waals surface area contributed by atoms with Crippen LogP contribution in [0.2, 0.25) is 0 Å².